The van der Waals surface area contributed by atoms with E-state index >= 15 is 0 Å². The van der Waals surface area contributed by atoms with Crippen LogP contribution in [0.3, 0.4) is 0 Å². The van der Waals surface area contributed by atoms with Gasteiger partial charge in [-0.3, -0.25) is 4.90 Å². The van der Waals surface area contributed by atoms with Crippen LogP contribution in [0, 0.1) is 0 Å². The molecule has 0 bridgehead atoms. The smallest absolute Gasteiger partial charge is 0.230 e. The van der Waals surface area contributed by atoms with Crippen molar-refractivity contribution in [2.45, 2.75) is 32.9 Å². The summed E-state index contributed by atoms with van der Waals surface area (Å²) in [5.74, 6) is 2.33. The third kappa shape index (κ3) is 2.82. The fourth-order valence-electron chi connectivity index (χ4n) is 3.08. The van der Waals surface area contributed by atoms with Crippen molar-refractivity contribution < 1.29 is 4.42 Å². The van der Waals surface area contributed by atoms with Gasteiger partial charge in [0, 0.05) is 32.1 Å². The fourth-order valence-corrected chi connectivity index (χ4v) is 3.08. The van der Waals surface area contributed by atoms with Crippen LogP contribution in [0.5, 0.6) is 0 Å². The topological polar surface area (TPSA) is 88.5 Å². The highest BCUT2D eigenvalue weighted by atomic mass is 16.4. The van der Waals surface area contributed by atoms with Gasteiger partial charge in [-0.2, -0.15) is 4.52 Å². The minimum Gasteiger partial charge on any atom is -0.424 e. The second-order valence-electron chi connectivity index (χ2n) is 6.05. The van der Waals surface area contributed by atoms with Gasteiger partial charge in [-0.15, -0.1) is 25.5 Å². The maximum atomic E-state index is 5.61. The summed E-state index contributed by atoms with van der Waals surface area (Å²) >= 11 is 0. The summed E-state index contributed by atoms with van der Waals surface area (Å²) in [6.07, 6.45) is 2.40. The number of aryl methyl sites for hydroxylation is 1. The first-order chi connectivity index (χ1) is 11.7. The van der Waals surface area contributed by atoms with Gasteiger partial charge < -0.3 is 9.32 Å². The number of rotatable bonds is 4. The van der Waals surface area contributed by atoms with Crippen molar-refractivity contribution in [1.29, 1.82) is 0 Å². The minimum absolute atomic E-state index is 0.341. The van der Waals surface area contributed by atoms with Crippen LogP contribution in [-0.4, -0.2) is 60.6 Å². The van der Waals surface area contributed by atoms with Crippen molar-refractivity contribution in [1.82, 2.24) is 34.9 Å². The molecular weight excluding hydrogens is 308 g/mol. The lowest BCUT2D eigenvalue weighted by molar-refractivity contribution is 0.200. The Morgan fingerprint density at radius 2 is 2.04 bits per heavy atom. The molecule has 0 N–H and O–H groups in total. The fraction of sp³-hybridized carbons (Fsp3) is 0.533. The van der Waals surface area contributed by atoms with Crippen LogP contribution in [-0.2, 0) is 13.0 Å². The average molecular weight is 328 g/mol. The van der Waals surface area contributed by atoms with Crippen LogP contribution in [0.25, 0.3) is 5.65 Å². The van der Waals surface area contributed by atoms with Crippen LogP contribution < -0.4 is 4.90 Å². The molecule has 4 rings (SSSR count). The summed E-state index contributed by atoms with van der Waals surface area (Å²) in [5, 5.41) is 20.6. The van der Waals surface area contributed by atoms with Gasteiger partial charge in [-0.25, -0.2) is 0 Å². The van der Waals surface area contributed by atoms with Gasteiger partial charge in [0.15, 0.2) is 5.65 Å². The zero-order valence-electron chi connectivity index (χ0n) is 13.8. The lowest BCUT2D eigenvalue weighted by atomic mass is 10.2. The van der Waals surface area contributed by atoms with E-state index in [9.17, 15) is 0 Å². The van der Waals surface area contributed by atoms with Crippen LogP contribution in [0.4, 0.5) is 5.82 Å². The van der Waals surface area contributed by atoms with Gasteiger partial charge in [0.25, 0.3) is 0 Å². The summed E-state index contributed by atoms with van der Waals surface area (Å²) < 4.78 is 7.32. The third-order valence-electron chi connectivity index (χ3n) is 4.32. The molecule has 0 saturated carbocycles. The number of hydrogen-bond donors (Lipinski definition) is 0. The highest BCUT2D eigenvalue weighted by Crippen LogP contribution is 2.19. The van der Waals surface area contributed by atoms with Gasteiger partial charge in [-0.05, 0) is 19.1 Å². The highest BCUT2D eigenvalue weighted by molar-refractivity contribution is 5.46. The molecule has 3 aromatic rings. The monoisotopic (exact) mass is 328 g/mol. The first kappa shape index (κ1) is 15.0. The van der Waals surface area contributed by atoms with Crippen molar-refractivity contribution in [3.05, 3.63) is 30.2 Å². The molecule has 1 aliphatic heterocycles. The summed E-state index contributed by atoms with van der Waals surface area (Å²) in [6, 6.07) is 4.29. The van der Waals surface area contributed by atoms with Crippen LogP contribution in [0.1, 0.15) is 25.6 Å². The average Bonchev–Trinajstić information content (AvgIpc) is 3.23. The lowest BCUT2D eigenvalue weighted by Crippen LogP contribution is -2.52. The Bertz CT molecular complexity index is 828. The van der Waals surface area contributed by atoms with Crippen LogP contribution >= 0.6 is 0 Å². The lowest BCUT2D eigenvalue weighted by Gasteiger charge is -2.39. The van der Waals surface area contributed by atoms with Crippen molar-refractivity contribution in [2.24, 2.45) is 0 Å². The van der Waals surface area contributed by atoms with Gasteiger partial charge in [0.1, 0.15) is 12.1 Å². The number of piperazine rings is 1. The van der Waals surface area contributed by atoms with Crippen molar-refractivity contribution >= 4 is 11.5 Å². The Morgan fingerprint density at radius 1 is 1.17 bits per heavy atom. The molecule has 126 valence electrons. The van der Waals surface area contributed by atoms with E-state index < -0.39 is 0 Å². The van der Waals surface area contributed by atoms with Gasteiger partial charge >= 0.3 is 0 Å². The molecule has 9 heteroatoms. The predicted molar refractivity (Wildman–Crippen MR) is 86.5 cm³/mol. The van der Waals surface area contributed by atoms with Crippen LogP contribution in [0.2, 0.25) is 0 Å². The summed E-state index contributed by atoms with van der Waals surface area (Å²) in [6.45, 7) is 7.66. The number of fused-ring (bicyclic) bond motifs is 1. The first-order valence-electron chi connectivity index (χ1n) is 8.20. The van der Waals surface area contributed by atoms with E-state index in [0.717, 1.165) is 37.5 Å². The summed E-state index contributed by atoms with van der Waals surface area (Å²) in [4.78, 5) is 4.65. The molecule has 24 heavy (non-hydrogen) atoms. The van der Waals surface area contributed by atoms with Crippen molar-refractivity contribution in [3.63, 3.8) is 0 Å². The first-order valence-corrected chi connectivity index (χ1v) is 8.20. The number of aromatic nitrogens is 6. The zero-order chi connectivity index (χ0) is 16.5. The molecule has 1 aliphatic rings. The van der Waals surface area contributed by atoms with Gasteiger partial charge in [-0.1, -0.05) is 6.92 Å². The molecule has 0 spiro atoms. The van der Waals surface area contributed by atoms with Crippen LogP contribution in [0.15, 0.2) is 22.9 Å². The summed E-state index contributed by atoms with van der Waals surface area (Å²) in [5.41, 5.74) is 0.758. The quantitative estimate of drug-likeness (QED) is 0.694. The molecule has 0 radical (unpaired) electrons. The second-order valence-corrected chi connectivity index (χ2v) is 6.05. The van der Waals surface area contributed by atoms with Crippen molar-refractivity contribution in [3.8, 4) is 0 Å². The highest BCUT2D eigenvalue weighted by Gasteiger charge is 2.26. The van der Waals surface area contributed by atoms with Crippen molar-refractivity contribution in [2.75, 3.05) is 24.5 Å². The largest absolute Gasteiger partial charge is 0.424 e. The molecule has 0 unspecified atom stereocenters. The summed E-state index contributed by atoms with van der Waals surface area (Å²) in [7, 11) is 0. The molecule has 1 atom stereocenters. The van der Waals surface area contributed by atoms with E-state index in [1.807, 2.05) is 19.1 Å². The Hall–Kier alpha value is -2.55. The normalized spacial score (nSPS) is 19.2. The molecule has 3 aromatic heterocycles. The second kappa shape index (κ2) is 6.16. The molecule has 0 aromatic carbocycles. The zero-order valence-corrected chi connectivity index (χ0v) is 13.8. The van der Waals surface area contributed by atoms with E-state index in [1.165, 1.54) is 0 Å². The van der Waals surface area contributed by atoms with E-state index in [1.54, 1.807) is 10.8 Å². The number of hydrogen-bond acceptors (Lipinski definition) is 8. The van der Waals surface area contributed by atoms with Gasteiger partial charge in [0.2, 0.25) is 11.8 Å². The Balaban J connectivity index is 1.43. The van der Waals surface area contributed by atoms with E-state index in [2.05, 4.69) is 42.2 Å². The molecule has 1 fully saturated rings. The third-order valence-corrected chi connectivity index (χ3v) is 4.32. The molecule has 0 amide bonds. The maximum Gasteiger partial charge on any atom is 0.230 e. The van der Waals surface area contributed by atoms with E-state index in [-0.39, 0.29) is 0 Å². The maximum absolute atomic E-state index is 5.61. The molecule has 4 heterocycles. The Morgan fingerprint density at radius 3 is 2.83 bits per heavy atom. The molecule has 9 nitrogen and oxygen atoms in total. The standard InChI is InChI=1S/C15H20N8O/c1-3-14-18-19-15(24-14)9-21-6-7-22(11(2)8-21)13-5-4-12-17-16-10-23(12)20-13/h4-5,10-11H,3,6-9H2,1-2H3/t11-/m1/s1. The number of anilines is 1. The van der Waals surface area contributed by atoms with Gasteiger partial charge in [0.05, 0.1) is 6.54 Å². The predicted octanol–water partition coefficient (Wildman–Crippen LogP) is 0.780. The number of nitrogens with zero attached hydrogens (tertiary/aromatic N) is 8. The SMILES string of the molecule is CCc1nnc(CN2CCN(c3ccc4nncn4n3)[C@H](C)C2)o1. The van der Waals surface area contributed by atoms with E-state index in [4.69, 9.17) is 4.42 Å². The Labute approximate surface area is 139 Å². The van der Waals surface area contributed by atoms with E-state index in [0.29, 0.717) is 24.4 Å². The molecular formula is C15H20N8O. The molecule has 0 aliphatic carbocycles. The Kier molecular flexibility index (Phi) is 3.85. The minimum atomic E-state index is 0.341. The molecule has 1 saturated heterocycles.